The second-order valence-corrected chi connectivity index (χ2v) is 4.16. The lowest BCUT2D eigenvalue weighted by Crippen LogP contribution is -2.54. The average Bonchev–Trinajstić information content (AvgIpc) is 2.37. The number of nitrogens with one attached hydrogen (secondary N) is 1. The van der Waals surface area contributed by atoms with Crippen LogP contribution in [0.2, 0.25) is 0 Å². The highest BCUT2D eigenvalue weighted by Gasteiger charge is 2.28. The lowest BCUT2D eigenvalue weighted by molar-refractivity contribution is -0.123. The maximum atomic E-state index is 11.8. The summed E-state index contributed by atoms with van der Waals surface area (Å²) in [4.78, 5) is 11.8. The molecule has 0 bridgehead atoms. The summed E-state index contributed by atoms with van der Waals surface area (Å²) in [5.74, 6) is -0.193. The highest BCUT2D eigenvalue weighted by molar-refractivity contribution is 5.79. The van der Waals surface area contributed by atoms with Gasteiger partial charge in [0.25, 0.3) is 0 Å². The molecule has 0 aliphatic heterocycles. The van der Waals surface area contributed by atoms with Gasteiger partial charge in [-0.2, -0.15) is 0 Å². The number of carbonyl (C=O) groups excluding carboxylic acids is 1. The molecule has 0 saturated heterocycles. The van der Waals surface area contributed by atoms with Gasteiger partial charge in [-0.3, -0.25) is 4.79 Å². The summed E-state index contributed by atoms with van der Waals surface area (Å²) < 4.78 is 0. The first-order valence-electron chi connectivity index (χ1n) is 5.72. The molecule has 4 heteroatoms. The van der Waals surface area contributed by atoms with Crippen molar-refractivity contribution >= 4 is 5.91 Å². The molecule has 0 aliphatic rings. The minimum atomic E-state index is -0.911. The van der Waals surface area contributed by atoms with Crippen molar-refractivity contribution in [3.05, 3.63) is 35.9 Å². The predicted molar refractivity (Wildman–Crippen MR) is 65.5 cm³/mol. The van der Waals surface area contributed by atoms with Crippen LogP contribution in [0.4, 0.5) is 0 Å². The van der Waals surface area contributed by atoms with Crippen LogP contribution in [-0.2, 0) is 11.2 Å². The van der Waals surface area contributed by atoms with E-state index in [1.165, 1.54) is 0 Å². The molecule has 1 rings (SSSR count). The van der Waals surface area contributed by atoms with Gasteiger partial charge in [-0.1, -0.05) is 37.3 Å². The molecule has 0 heterocycles. The van der Waals surface area contributed by atoms with E-state index in [0.29, 0.717) is 6.42 Å². The van der Waals surface area contributed by atoms with E-state index >= 15 is 0 Å². The first-order chi connectivity index (χ1) is 8.15. The topological polar surface area (TPSA) is 69.6 Å². The number of benzene rings is 1. The van der Waals surface area contributed by atoms with E-state index in [1.54, 1.807) is 0 Å². The van der Waals surface area contributed by atoms with Crippen LogP contribution >= 0.6 is 0 Å². The molecule has 94 valence electrons. The van der Waals surface area contributed by atoms with Crippen molar-refractivity contribution < 1.29 is 15.0 Å². The molecular weight excluding hydrogens is 218 g/mol. The van der Waals surface area contributed by atoms with Crippen LogP contribution in [0.3, 0.4) is 0 Å². The third-order valence-electron chi connectivity index (χ3n) is 2.89. The maximum Gasteiger partial charge on any atom is 0.225 e. The van der Waals surface area contributed by atoms with E-state index in [4.69, 9.17) is 0 Å². The van der Waals surface area contributed by atoms with Crippen LogP contribution in [0, 0.1) is 0 Å². The Morgan fingerprint density at radius 3 is 2.29 bits per heavy atom. The molecule has 0 atom stereocenters. The molecule has 0 fully saturated rings. The zero-order valence-corrected chi connectivity index (χ0v) is 10.0. The van der Waals surface area contributed by atoms with Gasteiger partial charge >= 0.3 is 0 Å². The van der Waals surface area contributed by atoms with E-state index in [-0.39, 0.29) is 25.5 Å². The second kappa shape index (κ2) is 6.37. The Bertz CT molecular complexity index is 339. The number of hydrogen-bond acceptors (Lipinski definition) is 3. The Labute approximate surface area is 101 Å². The molecule has 0 unspecified atom stereocenters. The molecule has 0 aliphatic carbocycles. The van der Waals surface area contributed by atoms with Crippen molar-refractivity contribution in [3.63, 3.8) is 0 Å². The quantitative estimate of drug-likeness (QED) is 0.674. The van der Waals surface area contributed by atoms with Gasteiger partial charge in [-0.05, 0) is 12.0 Å². The number of amides is 1. The fraction of sp³-hybridized carbons (Fsp3) is 0.462. The predicted octanol–water partition coefficient (Wildman–Crippen LogP) is 0.479. The van der Waals surface area contributed by atoms with Crippen LogP contribution in [0.5, 0.6) is 0 Å². The molecular formula is C13H19NO3. The first-order valence-corrected chi connectivity index (χ1v) is 5.72. The fourth-order valence-corrected chi connectivity index (χ4v) is 1.56. The molecule has 4 nitrogen and oxygen atoms in total. The van der Waals surface area contributed by atoms with E-state index < -0.39 is 5.54 Å². The van der Waals surface area contributed by atoms with Gasteiger partial charge < -0.3 is 15.5 Å². The largest absolute Gasteiger partial charge is 0.394 e. The molecule has 0 spiro atoms. The standard InChI is InChI=1S/C13H19NO3/c1-2-13(9-15,10-16)14-12(17)8-11-6-4-3-5-7-11/h3-7,15-16H,2,8-10H2,1H3,(H,14,17). The van der Waals surface area contributed by atoms with Crippen LogP contribution in [0.15, 0.2) is 30.3 Å². The van der Waals surface area contributed by atoms with E-state index in [1.807, 2.05) is 37.3 Å². The number of rotatable bonds is 6. The lowest BCUT2D eigenvalue weighted by Gasteiger charge is -2.29. The van der Waals surface area contributed by atoms with E-state index in [9.17, 15) is 15.0 Å². The van der Waals surface area contributed by atoms with Crippen molar-refractivity contribution in [1.82, 2.24) is 5.32 Å². The zero-order valence-electron chi connectivity index (χ0n) is 10.0. The van der Waals surface area contributed by atoms with E-state index in [0.717, 1.165) is 5.56 Å². The Morgan fingerprint density at radius 1 is 1.24 bits per heavy atom. The summed E-state index contributed by atoms with van der Waals surface area (Å²) in [5.41, 5.74) is -0.00262. The molecule has 0 radical (unpaired) electrons. The van der Waals surface area contributed by atoms with Crippen molar-refractivity contribution in [3.8, 4) is 0 Å². The van der Waals surface area contributed by atoms with Crippen LogP contribution in [0.1, 0.15) is 18.9 Å². The number of aliphatic hydroxyl groups is 2. The Kier molecular flexibility index (Phi) is 5.12. The van der Waals surface area contributed by atoms with Gasteiger partial charge in [0.05, 0.1) is 25.2 Å². The highest BCUT2D eigenvalue weighted by atomic mass is 16.3. The lowest BCUT2D eigenvalue weighted by atomic mass is 9.98. The Hall–Kier alpha value is -1.39. The SMILES string of the molecule is CCC(CO)(CO)NC(=O)Cc1ccccc1. The number of hydrogen-bond donors (Lipinski definition) is 3. The average molecular weight is 237 g/mol. The molecule has 1 aromatic carbocycles. The second-order valence-electron chi connectivity index (χ2n) is 4.16. The van der Waals surface area contributed by atoms with Crippen molar-refractivity contribution in [2.75, 3.05) is 13.2 Å². The zero-order chi connectivity index (χ0) is 12.7. The monoisotopic (exact) mass is 237 g/mol. The summed E-state index contributed by atoms with van der Waals surface area (Å²) in [6, 6.07) is 9.36. The van der Waals surface area contributed by atoms with Crippen LogP contribution in [0.25, 0.3) is 0 Å². The summed E-state index contributed by atoms with van der Waals surface area (Å²) in [7, 11) is 0. The van der Waals surface area contributed by atoms with Gasteiger partial charge in [0.15, 0.2) is 0 Å². The molecule has 0 saturated carbocycles. The van der Waals surface area contributed by atoms with Gasteiger partial charge in [-0.15, -0.1) is 0 Å². The van der Waals surface area contributed by atoms with Crippen molar-refractivity contribution in [1.29, 1.82) is 0 Å². The van der Waals surface area contributed by atoms with E-state index in [2.05, 4.69) is 5.32 Å². The van der Waals surface area contributed by atoms with Gasteiger partial charge in [0.2, 0.25) is 5.91 Å². The van der Waals surface area contributed by atoms with Gasteiger partial charge in [0.1, 0.15) is 0 Å². The summed E-state index contributed by atoms with van der Waals surface area (Å²) in [6.07, 6.45) is 0.739. The minimum absolute atomic E-state index is 0.193. The maximum absolute atomic E-state index is 11.8. The number of aliphatic hydroxyl groups excluding tert-OH is 2. The minimum Gasteiger partial charge on any atom is -0.394 e. The molecule has 0 aromatic heterocycles. The van der Waals surface area contributed by atoms with Gasteiger partial charge in [0, 0.05) is 0 Å². The van der Waals surface area contributed by atoms with Crippen LogP contribution < -0.4 is 5.32 Å². The first kappa shape index (κ1) is 13.7. The molecule has 17 heavy (non-hydrogen) atoms. The Morgan fingerprint density at radius 2 is 1.82 bits per heavy atom. The fourth-order valence-electron chi connectivity index (χ4n) is 1.56. The highest BCUT2D eigenvalue weighted by Crippen LogP contribution is 2.09. The molecule has 1 amide bonds. The van der Waals surface area contributed by atoms with Crippen LogP contribution in [-0.4, -0.2) is 34.9 Å². The summed E-state index contributed by atoms with van der Waals surface area (Å²) in [5, 5.41) is 21.1. The smallest absolute Gasteiger partial charge is 0.225 e. The third-order valence-corrected chi connectivity index (χ3v) is 2.89. The summed E-state index contributed by atoms with van der Waals surface area (Å²) >= 11 is 0. The third kappa shape index (κ3) is 3.84. The normalized spacial score (nSPS) is 11.2. The molecule has 1 aromatic rings. The summed E-state index contributed by atoms with van der Waals surface area (Å²) in [6.45, 7) is 1.29. The van der Waals surface area contributed by atoms with Crippen molar-refractivity contribution in [2.24, 2.45) is 0 Å². The Balaban J connectivity index is 2.60. The molecule has 3 N–H and O–H groups in total. The van der Waals surface area contributed by atoms with Gasteiger partial charge in [-0.25, -0.2) is 0 Å². The van der Waals surface area contributed by atoms with Crippen molar-refractivity contribution in [2.45, 2.75) is 25.3 Å². The number of carbonyl (C=O) groups is 1.